The first-order chi connectivity index (χ1) is 15.0. The van der Waals surface area contributed by atoms with Crippen LogP contribution in [0.2, 0.25) is 0 Å². The second-order valence-electron chi connectivity index (χ2n) is 8.13. The summed E-state index contributed by atoms with van der Waals surface area (Å²) in [5.74, 6) is 0.521. The monoisotopic (exact) mass is 418 g/mol. The minimum atomic E-state index is 0.227. The number of ether oxygens (including phenoxy) is 1. The lowest BCUT2D eigenvalue weighted by Gasteiger charge is -2.37. The maximum absolute atomic E-state index is 5.88. The standard InChI is InChI=1S/C22H26N8O/c1-15-11-29(12-16(2)31-15)20-6-4-5-17(7-20)13-30-21-18(9-25-30)8-23-22(27-21)26-19-10-24-28(3)14-19/h4-10,14-16H,11-13H2,1-3H3,(H,23,26,27)/t15-,16+. The number of rotatable bonds is 5. The van der Waals surface area contributed by atoms with Gasteiger partial charge in [0.25, 0.3) is 0 Å². The van der Waals surface area contributed by atoms with E-state index in [0.717, 1.165) is 29.8 Å². The van der Waals surface area contributed by atoms with Crippen molar-refractivity contribution in [2.24, 2.45) is 7.05 Å². The van der Waals surface area contributed by atoms with Crippen LogP contribution in [0, 0.1) is 0 Å². The van der Waals surface area contributed by atoms with E-state index in [4.69, 9.17) is 4.74 Å². The van der Waals surface area contributed by atoms with Gasteiger partial charge in [0.05, 0.1) is 42.2 Å². The molecule has 160 valence electrons. The molecule has 0 amide bonds. The van der Waals surface area contributed by atoms with Crippen molar-refractivity contribution in [3.63, 3.8) is 0 Å². The molecule has 3 aromatic heterocycles. The number of fused-ring (bicyclic) bond motifs is 1. The summed E-state index contributed by atoms with van der Waals surface area (Å²) in [6, 6.07) is 8.62. The van der Waals surface area contributed by atoms with E-state index in [-0.39, 0.29) is 12.2 Å². The highest BCUT2D eigenvalue weighted by molar-refractivity contribution is 5.75. The molecule has 31 heavy (non-hydrogen) atoms. The zero-order valence-electron chi connectivity index (χ0n) is 17.9. The fourth-order valence-electron chi connectivity index (χ4n) is 4.07. The van der Waals surface area contributed by atoms with E-state index in [1.165, 1.54) is 11.3 Å². The number of aryl methyl sites for hydroxylation is 1. The fraction of sp³-hybridized carbons (Fsp3) is 0.364. The van der Waals surface area contributed by atoms with Crippen LogP contribution in [0.4, 0.5) is 17.3 Å². The molecule has 1 fully saturated rings. The zero-order valence-corrected chi connectivity index (χ0v) is 17.9. The Morgan fingerprint density at radius 2 is 1.94 bits per heavy atom. The summed E-state index contributed by atoms with van der Waals surface area (Å²) in [5.41, 5.74) is 4.02. The van der Waals surface area contributed by atoms with Gasteiger partial charge in [0.1, 0.15) is 0 Å². The molecule has 0 unspecified atom stereocenters. The van der Waals surface area contributed by atoms with Gasteiger partial charge < -0.3 is 15.0 Å². The third-order valence-corrected chi connectivity index (χ3v) is 5.37. The van der Waals surface area contributed by atoms with Gasteiger partial charge in [-0.05, 0) is 31.5 Å². The Balaban J connectivity index is 1.38. The summed E-state index contributed by atoms with van der Waals surface area (Å²) in [6.07, 6.45) is 7.67. The summed E-state index contributed by atoms with van der Waals surface area (Å²) in [7, 11) is 1.87. The molecule has 5 rings (SSSR count). The van der Waals surface area contributed by atoms with E-state index >= 15 is 0 Å². The van der Waals surface area contributed by atoms with Crippen molar-refractivity contribution in [3.05, 3.63) is 54.6 Å². The first-order valence-electron chi connectivity index (χ1n) is 10.5. The van der Waals surface area contributed by atoms with Gasteiger partial charge in [0, 0.05) is 38.2 Å². The molecule has 0 bridgehead atoms. The van der Waals surface area contributed by atoms with Gasteiger partial charge >= 0.3 is 0 Å². The highest BCUT2D eigenvalue weighted by Crippen LogP contribution is 2.23. The number of morpholine rings is 1. The van der Waals surface area contributed by atoms with Crippen molar-refractivity contribution < 1.29 is 4.74 Å². The number of nitrogens with one attached hydrogen (secondary N) is 1. The van der Waals surface area contributed by atoms with Crippen LogP contribution in [0.3, 0.4) is 0 Å². The Morgan fingerprint density at radius 1 is 1.10 bits per heavy atom. The first kappa shape index (κ1) is 19.5. The number of hydrogen-bond donors (Lipinski definition) is 1. The van der Waals surface area contributed by atoms with Crippen molar-refractivity contribution in [1.29, 1.82) is 0 Å². The summed E-state index contributed by atoms with van der Waals surface area (Å²) in [6.45, 7) is 6.68. The number of anilines is 3. The molecule has 4 heterocycles. The van der Waals surface area contributed by atoms with E-state index in [1.807, 2.05) is 17.9 Å². The minimum absolute atomic E-state index is 0.227. The topological polar surface area (TPSA) is 85.9 Å². The van der Waals surface area contributed by atoms with Gasteiger partial charge in [-0.2, -0.15) is 15.2 Å². The summed E-state index contributed by atoms with van der Waals surface area (Å²) >= 11 is 0. The van der Waals surface area contributed by atoms with Gasteiger partial charge in [-0.15, -0.1) is 0 Å². The minimum Gasteiger partial charge on any atom is -0.372 e. The van der Waals surface area contributed by atoms with Crippen LogP contribution < -0.4 is 10.2 Å². The maximum Gasteiger partial charge on any atom is 0.229 e. The molecule has 0 aliphatic carbocycles. The van der Waals surface area contributed by atoms with Crippen LogP contribution in [0.15, 0.2) is 49.1 Å². The van der Waals surface area contributed by atoms with Crippen LogP contribution in [0.1, 0.15) is 19.4 Å². The van der Waals surface area contributed by atoms with Gasteiger partial charge in [0.15, 0.2) is 5.65 Å². The normalized spacial score (nSPS) is 19.1. The Morgan fingerprint density at radius 3 is 2.71 bits per heavy atom. The molecule has 0 radical (unpaired) electrons. The molecule has 9 heteroatoms. The van der Waals surface area contributed by atoms with Crippen molar-refractivity contribution >= 4 is 28.4 Å². The summed E-state index contributed by atoms with van der Waals surface area (Å²) < 4.78 is 9.52. The molecule has 0 saturated carbocycles. The smallest absolute Gasteiger partial charge is 0.229 e. The number of aromatic nitrogens is 6. The Bertz CT molecular complexity index is 1190. The van der Waals surface area contributed by atoms with Gasteiger partial charge in [-0.25, -0.2) is 9.67 Å². The highest BCUT2D eigenvalue weighted by Gasteiger charge is 2.22. The number of hydrogen-bond acceptors (Lipinski definition) is 7. The summed E-state index contributed by atoms with van der Waals surface area (Å²) in [5, 5.41) is 12.8. The molecule has 1 saturated heterocycles. The van der Waals surface area contributed by atoms with Crippen LogP contribution in [-0.4, -0.2) is 54.8 Å². The van der Waals surface area contributed by atoms with Crippen molar-refractivity contribution in [2.45, 2.75) is 32.6 Å². The highest BCUT2D eigenvalue weighted by atomic mass is 16.5. The average Bonchev–Trinajstić information content (AvgIpc) is 3.33. The second-order valence-corrected chi connectivity index (χ2v) is 8.13. The lowest BCUT2D eigenvalue weighted by atomic mass is 10.1. The number of nitrogens with zero attached hydrogens (tertiary/aromatic N) is 7. The van der Waals surface area contributed by atoms with Gasteiger partial charge in [-0.3, -0.25) is 4.68 Å². The van der Waals surface area contributed by atoms with Gasteiger partial charge in [0.2, 0.25) is 5.95 Å². The fourth-order valence-corrected chi connectivity index (χ4v) is 4.07. The first-order valence-corrected chi connectivity index (χ1v) is 10.5. The van der Waals surface area contributed by atoms with E-state index in [1.54, 1.807) is 23.3 Å². The predicted molar refractivity (Wildman–Crippen MR) is 120 cm³/mol. The number of benzene rings is 1. The van der Waals surface area contributed by atoms with E-state index in [0.29, 0.717) is 12.5 Å². The third-order valence-electron chi connectivity index (χ3n) is 5.37. The zero-order chi connectivity index (χ0) is 21.4. The molecule has 0 spiro atoms. The lowest BCUT2D eigenvalue weighted by molar-refractivity contribution is -0.00522. The average molecular weight is 419 g/mol. The van der Waals surface area contributed by atoms with Crippen molar-refractivity contribution in [3.8, 4) is 0 Å². The quantitative estimate of drug-likeness (QED) is 0.533. The van der Waals surface area contributed by atoms with E-state index in [2.05, 4.69) is 68.5 Å². The Hall–Kier alpha value is -3.46. The third kappa shape index (κ3) is 4.22. The van der Waals surface area contributed by atoms with Crippen molar-refractivity contribution in [2.75, 3.05) is 23.3 Å². The Labute approximate surface area is 180 Å². The molecule has 2 atom stereocenters. The van der Waals surface area contributed by atoms with Crippen LogP contribution in [-0.2, 0) is 18.3 Å². The molecule has 1 aliphatic rings. The van der Waals surface area contributed by atoms with E-state index in [9.17, 15) is 0 Å². The van der Waals surface area contributed by atoms with Crippen LogP contribution in [0.5, 0.6) is 0 Å². The van der Waals surface area contributed by atoms with Crippen LogP contribution >= 0.6 is 0 Å². The molecular weight excluding hydrogens is 392 g/mol. The Kier molecular flexibility index (Phi) is 5.03. The summed E-state index contributed by atoms with van der Waals surface area (Å²) in [4.78, 5) is 11.5. The molecule has 1 N–H and O–H groups in total. The molecule has 4 aromatic rings. The molecule has 9 nitrogen and oxygen atoms in total. The predicted octanol–water partition coefficient (Wildman–Crippen LogP) is 2.97. The molecule has 1 aromatic carbocycles. The van der Waals surface area contributed by atoms with Crippen molar-refractivity contribution in [1.82, 2.24) is 29.5 Å². The second kappa shape index (κ2) is 7.99. The van der Waals surface area contributed by atoms with E-state index < -0.39 is 0 Å². The van der Waals surface area contributed by atoms with Gasteiger partial charge in [-0.1, -0.05) is 12.1 Å². The SMILES string of the molecule is C[C@@H]1CN(c2cccc(Cn3ncc4cnc(Nc5cnn(C)c5)nc43)c2)C[C@H](C)O1. The maximum atomic E-state index is 5.88. The largest absolute Gasteiger partial charge is 0.372 e. The molecular formula is C22H26N8O. The van der Waals surface area contributed by atoms with Crippen LogP contribution in [0.25, 0.3) is 11.0 Å². The molecule has 1 aliphatic heterocycles. The lowest BCUT2D eigenvalue weighted by Crippen LogP contribution is -2.45.